The van der Waals surface area contributed by atoms with Crippen molar-refractivity contribution in [3.63, 3.8) is 0 Å². The molecule has 1 atom stereocenters. The molecule has 0 bridgehead atoms. The molecular formula is C18H29O-. The SMILES string of the molecule is [CH2-]CCC/C=C/C(O)C/C=C\C/C=C\C/C=C\CC. The molecule has 19 heavy (non-hydrogen) atoms. The molecule has 0 saturated heterocycles. The summed E-state index contributed by atoms with van der Waals surface area (Å²) in [6, 6.07) is 0. The van der Waals surface area contributed by atoms with E-state index in [1.165, 1.54) is 0 Å². The molecule has 0 radical (unpaired) electrons. The molecule has 0 heterocycles. The van der Waals surface area contributed by atoms with Gasteiger partial charge in [0.2, 0.25) is 0 Å². The number of unbranched alkanes of at least 4 members (excludes halogenated alkanes) is 2. The zero-order valence-electron chi connectivity index (χ0n) is 12.3. The van der Waals surface area contributed by atoms with Crippen LogP contribution in [0.3, 0.4) is 0 Å². The van der Waals surface area contributed by atoms with Gasteiger partial charge in [-0.2, -0.15) is 6.42 Å². The monoisotopic (exact) mass is 261 g/mol. The van der Waals surface area contributed by atoms with Crippen molar-refractivity contribution in [2.75, 3.05) is 0 Å². The first kappa shape index (κ1) is 17.9. The topological polar surface area (TPSA) is 20.2 Å². The van der Waals surface area contributed by atoms with Gasteiger partial charge in [-0.15, -0.1) is 0 Å². The predicted molar refractivity (Wildman–Crippen MR) is 85.9 cm³/mol. The number of hydrogen-bond donors (Lipinski definition) is 1. The van der Waals surface area contributed by atoms with E-state index < -0.39 is 0 Å². The first-order valence-corrected chi connectivity index (χ1v) is 7.40. The molecule has 0 fully saturated rings. The molecule has 0 aliphatic heterocycles. The number of aliphatic hydroxyl groups excluding tert-OH is 1. The maximum atomic E-state index is 9.67. The van der Waals surface area contributed by atoms with Crippen LogP contribution in [-0.2, 0) is 0 Å². The fraction of sp³-hybridized carbons (Fsp3) is 0.500. The van der Waals surface area contributed by atoms with Crippen molar-refractivity contribution < 1.29 is 5.11 Å². The van der Waals surface area contributed by atoms with Gasteiger partial charge in [0, 0.05) is 0 Å². The highest BCUT2D eigenvalue weighted by molar-refractivity contribution is 4.99. The summed E-state index contributed by atoms with van der Waals surface area (Å²) in [6.45, 7) is 5.93. The molecule has 0 rings (SSSR count). The van der Waals surface area contributed by atoms with Gasteiger partial charge in [-0.1, -0.05) is 62.0 Å². The van der Waals surface area contributed by atoms with Gasteiger partial charge < -0.3 is 12.0 Å². The first-order valence-electron chi connectivity index (χ1n) is 7.40. The quantitative estimate of drug-likeness (QED) is 0.309. The van der Waals surface area contributed by atoms with Gasteiger partial charge in [0.05, 0.1) is 6.10 Å². The normalized spacial score (nSPS) is 14.5. The average Bonchev–Trinajstić information content (AvgIpc) is 2.42. The predicted octanol–water partition coefficient (Wildman–Crippen LogP) is 5.16. The van der Waals surface area contributed by atoms with Crippen LogP contribution in [0.5, 0.6) is 0 Å². The Hall–Kier alpha value is -1.08. The molecule has 0 saturated carbocycles. The highest BCUT2D eigenvalue weighted by Gasteiger charge is 1.93. The van der Waals surface area contributed by atoms with Gasteiger partial charge in [-0.3, -0.25) is 0 Å². The van der Waals surface area contributed by atoms with E-state index in [1.54, 1.807) is 0 Å². The Bertz CT molecular complexity index is 284. The largest absolute Gasteiger partial charge is 0.389 e. The summed E-state index contributed by atoms with van der Waals surface area (Å²) < 4.78 is 0. The standard InChI is InChI=1S/C18H29O/c1-3-5-7-9-10-11-12-13-15-17-18(19)16-14-8-6-4-2/h5,7,10-11,13-16,18-19H,2-4,6,8-9,12,17H2,1H3/q-1/b7-5-,11-10-,15-13-,16-14+. The zero-order chi connectivity index (χ0) is 14.2. The van der Waals surface area contributed by atoms with Crippen LogP contribution in [0.4, 0.5) is 0 Å². The molecule has 0 aliphatic carbocycles. The Balaban J connectivity index is 3.56. The molecule has 0 aliphatic rings. The van der Waals surface area contributed by atoms with E-state index in [0.29, 0.717) is 6.42 Å². The van der Waals surface area contributed by atoms with Crippen LogP contribution in [0.2, 0.25) is 0 Å². The fourth-order valence-corrected chi connectivity index (χ4v) is 1.54. The summed E-state index contributed by atoms with van der Waals surface area (Å²) in [5.41, 5.74) is 0. The van der Waals surface area contributed by atoms with Crippen molar-refractivity contribution >= 4 is 0 Å². The molecule has 1 unspecified atom stereocenters. The summed E-state index contributed by atoms with van der Waals surface area (Å²) in [7, 11) is 0. The Morgan fingerprint density at radius 2 is 1.58 bits per heavy atom. The third-order valence-electron chi connectivity index (χ3n) is 2.64. The molecule has 0 aromatic rings. The smallest absolute Gasteiger partial charge is 0.0755 e. The third kappa shape index (κ3) is 14.9. The Morgan fingerprint density at radius 1 is 0.947 bits per heavy atom. The van der Waals surface area contributed by atoms with Gasteiger partial charge >= 0.3 is 0 Å². The second-order valence-corrected chi connectivity index (χ2v) is 4.52. The van der Waals surface area contributed by atoms with Crippen LogP contribution in [-0.4, -0.2) is 11.2 Å². The summed E-state index contributed by atoms with van der Waals surface area (Å²) in [6.07, 6.45) is 23.2. The molecule has 0 aromatic carbocycles. The van der Waals surface area contributed by atoms with Gasteiger partial charge in [0.1, 0.15) is 0 Å². The fourth-order valence-electron chi connectivity index (χ4n) is 1.54. The molecule has 0 spiro atoms. The molecule has 1 N–H and O–H groups in total. The van der Waals surface area contributed by atoms with Crippen molar-refractivity contribution in [3.05, 3.63) is 55.5 Å². The molecule has 108 valence electrons. The maximum absolute atomic E-state index is 9.67. The zero-order valence-corrected chi connectivity index (χ0v) is 12.3. The molecule has 0 aromatic heterocycles. The van der Waals surface area contributed by atoms with Crippen LogP contribution >= 0.6 is 0 Å². The minimum absolute atomic E-state index is 0.350. The van der Waals surface area contributed by atoms with Crippen LogP contribution < -0.4 is 0 Å². The van der Waals surface area contributed by atoms with Crippen LogP contribution in [0.25, 0.3) is 0 Å². The summed E-state index contributed by atoms with van der Waals surface area (Å²) in [4.78, 5) is 0. The Morgan fingerprint density at radius 3 is 2.21 bits per heavy atom. The van der Waals surface area contributed by atoms with Crippen molar-refractivity contribution in [1.82, 2.24) is 0 Å². The molecule has 1 heteroatoms. The Kier molecular flexibility index (Phi) is 14.1. The summed E-state index contributed by atoms with van der Waals surface area (Å²) in [5.74, 6) is 0. The lowest BCUT2D eigenvalue weighted by molar-refractivity contribution is 0.226. The highest BCUT2D eigenvalue weighted by atomic mass is 16.3. The first-order chi connectivity index (χ1) is 9.31. The summed E-state index contributed by atoms with van der Waals surface area (Å²) in [5, 5.41) is 9.67. The number of aliphatic hydroxyl groups is 1. The van der Waals surface area contributed by atoms with E-state index in [-0.39, 0.29) is 6.10 Å². The summed E-state index contributed by atoms with van der Waals surface area (Å²) >= 11 is 0. The molecular weight excluding hydrogens is 232 g/mol. The van der Waals surface area contributed by atoms with E-state index in [0.717, 1.165) is 38.5 Å². The average molecular weight is 261 g/mol. The van der Waals surface area contributed by atoms with Gasteiger partial charge in [-0.25, -0.2) is 0 Å². The van der Waals surface area contributed by atoms with Crippen molar-refractivity contribution in [3.8, 4) is 0 Å². The van der Waals surface area contributed by atoms with Gasteiger partial charge in [0.15, 0.2) is 0 Å². The van der Waals surface area contributed by atoms with Crippen molar-refractivity contribution in [2.24, 2.45) is 0 Å². The Labute approximate surface area is 119 Å². The van der Waals surface area contributed by atoms with Crippen LogP contribution in [0, 0.1) is 6.92 Å². The highest BCUT2D eigenvalue weighted by Crippen LogP contribution is 2.01. The van der Waals surface area contributed by atoms with Crippen LogP contribution in [0.15, 0.2) is 48.6 Å². The van der Waals surface area contributed by atoms with E-state index in [4.69, 9.17) is 0 Å². The van der Waals surface area contributed by atoms with E-state index in [9.17, 15) is 5.11 Å². The van der Waals surface area contributed by atoms with Gasteiger partial charge in [-0.05, 0) is 32.1 Å². The van der Waals surface area contributed by atoms with E-state index >= 15 is 0 Å². The second kappa shape index (κ2) is 15.0. The van der Waals surface area contributed by atoms with E-state index in [2.05, 4.69) is 44.2 Å². The minimum atomic E-state index is -0.350. The minimum Gasteiger partial charge on any atom is -0.389 e. The van der Waals surface area contributed by atoms with Crippen molar-refractivity contribution in [1.29, 1.82) is 0 Å². The maximum Gasteiger partial charge on any atom is 0.0755 e. The van der Waals surface area contributed by atoms with E-state index in [1.807, 2.05) is 18.2 Å². The number of hydrogen-bond acceptors (Lipinski definition) is 1. The lowest BCUT2D eigenvalue weighted by Crippen LogP contribution is -1.98. The lowest BCUT2D eigenvalue weighted by Gasteiger charge is -2.00. The van der Waals surface area contributed by atoms with Gasteiger partial charge in [0.25, 0.3) is 0 Å². The van der Waals surface area contributed by atoms with Crippen molar-refractivity contribution in [2.45, 2.75) is 58.0 Å². The second-order valence-electron chi connectivity index (χ2n) is 4.52. The van der Waals surface area contributed by atoms with Crippen LogP contribution in [0.1, 0.15) is 51.9 Å². The third-order valence-corrected chi connectivity index (χ3v) is 2.64. The molecule has 0 amide bonds. The lowest BCUT2D eigenvalue weighted by atomic mass is 10.1. The number of rotatable bonds is 11. The molecule has 1 nitrogen and oxygen atoms in total. The number of allylic oxidation sites excluding steroid dienone is 6.